The van der Waals surface area contributed by atoms with Crippen molar-refractivity contribution in [3.63, 3.8) is 0 Å². The Balaban J connectivity index is 2.26. The van der Waals surface area contributed by atoms with E-state index in [0.29, 0.717) is 10.2 Å². The number of carbonyl (C=O) groups excluding carboxylic acids is 1. The molecule has 19 heavy (non-hydrogen) atoms. The van der Waals surface area contributed by atoms with Gasteiger partial charge < -0.3 is 10.1 Å². The molecule has 0 amide bonds. The summed E-state index contributed by atoms with van der Waals surface area (Å²) in [5.74, 6) is -0.497. The van der Waals surface area contributed by atoms with Crippen molar-refractivity contribution in [2.45, 2.75) is 6.92 Å². The Hall–Kier alpha value is -1.30. The van der Waals surface area contributed by atoms with E-state index < -0.39 is 5.97 Å². The maximum absolute atomic E-state index is 11.4. The summed E-state index contributed by atoms with van der Waals surface area (Å²) in [4.78, 5) is 15.8. The average Bonchev–Trinajstić information content (AvgIpc) is 2.73. The van der Waals surface area contributed by atoms with Gasteiger partial charge in [0.2, 0.25) is 0 Å². The van der Waals surface area contributed by atoms with E-state index in [0.717, 1.165) is 22.6 Å². The van der Waals surface area contributed by atoms with Crippen LogP contribution in [0.25, 0.3) is 0 Å². The van der Waals surface area contributed by atoms with Gasteiger partial charge in [-0.05, 0) is 30.7 Å². The second-order valence-electron chi connectivity index (χ2n) is 3.71. The van der Waals surface area contributed by atoms with Crippen molar-refractivity contribution in [2.75, 3.05) is 12.4 Å². The average molecular weight is 317 g/mol. The first-order valence-corrected chi connectivity index (χ1v) is 6.86. The zero-order valence-corrected chi connectivity index (χ0v) is 12.5. The molecule has 2 rings (SSSR count). The van der Waals surface area contributed by atoms with Gasteiger partial charge in [-0.1, -0.05) is 34.5 Å². The number of aromatic nitrogens is 1. The molecule has 1 aromatic heterocycles. The number of rotatable bonds is 3. The van der Waals surface area contributed by atoms with Gasteiger partial charge in [-0.15, -0.1) is 0 Å². The second kappa shape index (κ2) is 5.77. The number of aryl methyl sites for hydroxylation is 1. The summed E-state index contributed by atoms with van der Waals surface area (Å²) in [5.41, 5.74) is 1.82. The fourth-order valence-electron chi connectivity index (χ4n) is 1.46. The zero-order valence-electron chi connectivity index (χ0n) is 10.2. The largest absolute Gasteiger partial charge is 0.465 e. The van der Waals surface area contributed by atoms with Gasteiger partial charge in [0.05, 0.1) is 7.11 Å². The minimum atomic E-state index is -0.497. The van der Waals surface area contributed by atoms with E-state index in [1.54, 1.807) is 6.07 Å². The Labute approximate surface area is 124 Å². The van der Waals surface area contributed by atoms with Gasteiger partial charge in [-0.25, -0.2) is 9.78 Å². The van der Waals surface area contributed by atoms with Crippen LogP contribution in [0.15, 0.2) is 18.2 Å². The first-order chi connectivity index (χ1) is 9.01. The molecule has 4 nitrogen and oxygen atoms in total. The summed E-state index contributed by atoms with van der Waals surface area (Å²) in [5, 5.41) is 4.41. The summed E-state index contributed by atoms with van der Waals surface area (Å²) >= 11 is 12.9. The number of hydrogen-bond acceptors (Lipinski definition) is 5. The number of esters is 1. The van der Waals surface area contributed by atoms with Crippen LogP contribution in [0.3, 0.4) is 0 Å². The van der Waals surface area contributed by atoms with Crippen molar-refractivity contribution in [2.24, 2.45) is 0 Å². The Morgan fingerprint density at radius 1 is 1.42 bits per heavy atom. The highest BCUT2D eigenvalue weighted by Gasteiger charge is 2.17. The van der Waals surface area contributed by atoms with Crippen molar-refractivity contribution in [1.82, 2.24) is 4.98 Å². The molecule has 2 aromatic rings. The van der Waals surface area contributed by atoms with Gasteiger partial charge in [0.25, 0.3) is 0 Å². The van der Waals surface area contributed by atoms with Crippen LogP contribution in [0.1, 0.15) is 15.2 Å². The summed E-state index contributed by atoms with van der Waals surface area (Å²) in [6.07, 6.45) is 0. The van der Waals surface area contributed by atoms with Crippen LogP contribution in [0.4, 0.5) is 10.8 Å². The molecular weight excluding hydrogens is 307 g/mol. The molecule has 0 aliphatic carbocycles. The lowest BCUT2D eigenvalue weighted by molar-refractivity contribution is 0.0606. The fourth-order valence-corrected chi connectivity index (χ4v) is 2.80. The van der Waals surface area contributed by atoms with Crippen LogP contribution in [0, 0.1) is 6.92 Å². The number of hydrogen-bond donors (Lipinski definition) is 1. The van der Waals surface area contributed by atoms with Crippen LogP contribution in [0.5, 0.6) is 0 Å². The Morgan fingerprint density at radius 3 is 2.79 bits per heavy atom. The van der Waals surface area contributed by atoms with E-state index >= 15 is 0 Å². The SMILES string of the molecule is COC(=O)c1sc(Nc2ccc(Cl)cc2C)nc1Cl. The molecule has 0 spiro atoms. The quantitative estimate of drug-likeness (QED) is 0.858. The summed E-state index contributed by atoms with van der Waals surface area (Å²) < 4.78 is 4.62. The van der Waals surface area contributed by atoms with Crippen molar-refractivity contribution < 1.29 is 9.53 Å². The van der Waals surface area contributed by atoms with Gasteiger partial charge in [-0.2, -0.15) is 0 Å². The third-order valence-electron chi connectivity index (χ3n) is 2.39. The number of halogens is 2. The summed E-state index contributed by atoms with van der Waals surface area (Å²) in [6, 6.07) is 5.44. The lowest BCUT2D eigenvalue weighted by Crippen LogP contribution is -1.98. The number of methoxy groups -OCH3 is 1. The topological polar surface area (TPSA) is 51.2 Å². The van der Waals surface area contributed by atoms with Gasteiger partial charge in [0.15, 0.2) is 15.2 Å². The van der Waals surface area contributed by atoms with Crippen LogP contribution in [-0.2, 0) is 4.74 Å². The Morgan fingerprint density at radius 2 is 2.16 bits per heavy atom. The van der Waals surface area contributed by atoms with Gasteiger partial charge in [-0.3, -0.25) is 0 Å². The third kappa shape index (κ3) is 3.18. The molecule has 0 radical (unpaired) electrons. The summed E-state index contributed by atoms with van der Waals surface area (Å²) in [6.45, 7) is 1.92. The molecule has 100 valence electrons. The van der Waals surface area contributed by atoms with Crippen LogP contribution >= 0.6 is 34.5 Å². The van der Waals surface area contributed by atoms with Crippen molar-refractivity contribution >= 4 is 51.3 Å². The number of nitrogens with one attached hydrogen (secondary N) is 1. The molecule has 0 atom stereocenters. The van der Waals surface area contributed by atoms with E-state index in [1.807, 2.05) is 19.1 Å². The van der Waals surface area contributed by atoms with Crippen molar-refractivity contribution in [3.8, 4) is 0 Å². The number of nitrogens with zero attached hydrogens (tertiary/aromatic N) is 1. The normalized spacial score (nSPS) is 10.3. The minimum absolute atomic E-state index is 0.131. The highest BCUT2D eigenvalue weighted by molar-refractivity contribution is 7.18. The molecule has 1 heterocycles. The van der Waals surface area contributed by atoms with E-state index in [-0.39, 0.29) is 10.0 Å². The van der Waals surface area contributed by atoms with Crippen molar-refractivity contribution in [3.05, 3.63) is 38.8 Å². The molecule has 0 aliphatic heterocycles. The van der Waals surface area contributed by atoms with Gasteiger partial charge in [0.1, 0.15) is 0 Å². The van der Waals surface area contributed by atoms with E-state index in [1.165, 1.54) is 7.11 Å². The highest BCUT2D eigenvalue weighted by atomic mass is 35.5. The smallest absolute Gasteiger partial charge is 0.351 e. The number of benzene rings is 1. The number of anilines is 2. The maximum Gasteiger partial charge on any atom is 0.351 e. The number of carbonyl (C=O) groups is 1. The fraction of sp³-hybridized carbons (Fsp3) is 0.167. The molecule has 0 bridgehead atoms. The molecule has 0 fully saturated rings. The second-order valence-corrected chi connectivity index (χ2v) is 5.51. The molecule has 1 aromatic carbocycles. The molecule has 0 aliphatic rings. The monoisotopic (exact) mass is 316 g/mol. The van der Waals surface area contributed by atoms with Gasteiger partial charge in [0, 0.05) is 10.7 Å². The van der Waals surface area contributed by atoms with Crippen LogP contribution in [0.2, 0.25) is 10.2 Å². The Bertz CT molecular complexity index is 628. The molecular formula is C12H10Cl2N2O2S. The molecule has 0 saturated heterocycles. The first-order valence-electron chi connectivity index (χ1n) is 5.29. The number of thiazole rings is 1. The summed E-state index contributed by atoms with van der Waals surface area (Å²) in [7, 11) is 1.30. The lowest BCUT2D eigenvalue weighted by atomic mass is 10.2. The van der Waals surface area contributed by atoms with Crippen LogP contribution in [-0.4, -0.2) is 18.1 Å². The van der Waals surface area contributed by atoms with E-state index in [4.69, 9.17) is 23.2 Å². The van der Waals surface area contributed by atoms with Crippen LogP contribution < -0.4 is 5.32 Å². The standard InChI is InChI=1S/C12H10Cl2N2O2S/c1-6-5-7(13)3-4-8(6)15-12-16-10(14)9(19-12)11(17)18-2/h3-5H,1-2H3,(H,15,16). The van der Waals surface area contributed by atoms with Crippen molar-refractivity contribution in [1.29, 1.82) is 0 Å². The predicted octanol–water partition coefficient (Wildman–Crippen LogP) is 4.29. The maximum atomic E-state index is 11.4. The molecule has 0 saturated carbocycles. The minimum Gasteiger partial charge on any atom is -0.465 e. The predicted molar refractivity (Wildman–Crippen MR) is 77.9 cm³/mol. The van der Waals surface area contributed by atoms with E-state index in [9.17, 15) is 4.79 Å². The molecule has 7 heteroatoms. The van der Waals surface area contributed by atoms with E-state index in [2.05, 4.69) is 15.0 Å². The zero-order chi connectivity index (χ0) is 14.0. The number of ether oxygens (including phenoxy) is 1. The first kappa shape index (κ1) is 14.1. The molecule has 0 unspecified atom stereocenters. The lowest BCUT2D eigenvalue weighted by Gasteiger charge is -2.06. The molecule has 1 N–H and O–H groups in total. The highest BCUT2D eigenvalue weighted by Crippen LogP contribution is 2.31. The Kier molecular flexibility index (Phi) is 4.29. The van der Waals surface area contributed by atoms with Gasteiger partial charge >= 0.3 is 5.97 Å². The third-order valence-corrected chi connectivity index (χ3v) is 3.96.